The van der Waals surface area contributed by atoms with Gasteiger partial charge < -0.3 is 20.1 Å². The van der Waals surface area contributed by atoms with Gasteiger partial charge in [-0.05, 0) is 76.6 Å². The van der Waals surface area contributed by atoms with Crippen LogP contribution in [0, 0.1) is 5.92 Å². The van der Waals surface area contributed by atoms with Crippen LogP contribution < -0.4 is 15.4 Å². The van der Waals surface area contributed by atoms with Crippen LogP contribution in [0.4, 0.5) is 10.7 Å². The molecular formula is C23H31N7O3. The lowest BCUT2D eigenvalue weighted by Gasteiger charge is -2.29. The Morgan fingerprint density at radius 2 is 1.88 bits per heavy atom. The first-order valence-electron chi connectivity index (χ1n) is 11.3. The molecule has 1 aliphatic rings. The highest BCUT2D eigenvalue weighted by molar-refractivity contribution is 5.72. The molecule has 4 rings (SSSR count). The fraction of sp³-hybridized carbons (Fsp3) is 0.522. The van der Waals surface area contributed by atoms with Gasteiger partial charge in [0.05, 0.1) is 19.0 Å². The number of hydrogen-bond donors (Lipinski definition) is 2. The lowest BCUT2D eigenvalue weighted by Crippen LogP contribution is -2.37. The zero-order chi connectivity index (χ0) is 23.4. The number of alkyl carbamates (subject to hydrolysis) is 1. The van der Waals surface area contributed by atoms with E-state index in [1.807, 2.05) is 45.0 Å². The minimum absolute atomic E-state index is 0.283. The minimum atomic E-state index is -0.481. The van der Waals surface area contributed by atoms with Crippen molar-refractivity contribution in [3.8, 4) is 11.4 Å². The second-order valence-electron chi connectivity index (χ2n) is 9.35. The predicted octanol–water partition coefficient (Wildman–Crippen LogP) is 3.71. The number of anilines is 1. The molecule has 0 atom stereocenters. The standard InChI is InChI=1S/C23H31N7O3/c1-23(2,3)33-22(31)25-13-15-5-7-16(8-6-15)26-21-24-14-19-20(27-21)30(29-28-19)17-9-11-18(32-4)12-10-17/h9-12,14-16H,5-8,13H2,1-4H3,(H,25,31)(H,24,26,27)/t15-,16-. The molecule has 0 unspecified atom stereocenters. The van der Waals surface area contributed by atoms with E-state index in [-0.39, 0.29) is 12.1 Å². The fourth-order valence-corrected chi connectivity index (χ4v) is 3.93. The smallest absolute Gasteiger partial charge is 0.407 e. The van der Waals surface area contributed by atoms with Crippen LogP contribution in [0.1, 0.15) is 46.5 Å². The molecule has 2 N–H and O–H groups in total. The maximum absolute atomic E-state index is 11.9. The Balaban J connectivity index is 1.34. The van der Waals surface area contributed by atoms with E-state index < -0.39 is 5.60 Å². The largest absolute Gasteiger partial charge is 0.497 e. The number of ether oxygens (including phenoxy) is 2. The van der Waals surface area contributed by atoms with Gasteiger partial charge in [-0.3, -0.25) is 0 Å². The van der Waals surface area contributed by atoms with Crippen molar-refractivity contribution in [3.63, 3.8) is 0 Å². The molecule has 2 heterocycles. The summed E-state index contributed by atoms with van der Waals surface area (Å²) in [6.07, 6.45) is 5.33. The Morgan fingerprint density at radius 3 is 2.55 bits per heavy atom. The average Bonchev–Trinajstić information content (AvgIpc) is 3.21. The van der Waals surface area contributed by atoms with Gasteiger partial charge in [0, 0.05) is 12.6 Å². The average molecular weight is 454 g/mol. The van der Waals surface area contributed by atoms with Crippen molar-refractivity contribution >= 4 is 23.2 Å². The van der Waals surface area contributed by atoms with Crippen molar-refractivity contribution in [1.29, 1.82) is 0 Å². The quantitative estimate of drug-likeness (QED) is 0.580. The first-order valence-corrected chi connectivity index (χ1v) is 11.3. The van der Waals surface area contributed by atoms with Gasteiger partial charge in [0.15, 0.2) is 11.2 Å². The summed E-state index contributed by atoms with van der Waals surface area (Å²) in [5.74, 6) is 1.78. The lowest BCUT2D eigenvalue weighted by atomic mass is 9.86. The predicted molar refractivity (Wildman–Crippen MR) is 125 cm³/mol. The molecule has 1 fully saturated rings. The third-order valence-corrected chi connectivity index (χ3v) is 5.62. The van der Waals surface area contributed by atoms with Crippen molar-refractivity contribution in [2.24, 2.45) is 5.92 Å². The number of hydrogen-bond acceptors (Lipinski definition) is 8. The second-order valence-corrected chi connectivity index (χ2v) is 9.35. The van der Waals surface area contributed by atoms with Crippen molar-refractivity contribution < 1.29 is 14.3 Å². The monoisotopic (exact) mass is 453 g/mol. The van der Waals surface area contributed by atoms with Crippen LogP contribution >= 0.6 is 0 Å². The van der Waals surface area contributed by atoms with E-state index in [1.165, 1.54) is 0 Å². The summed E-state index contributed by atoms with van der Waals surface area (Å²) in [5.41, 5.74) is 1.65. The molecule has 1 aliphatic carbocycles. The number of nitrogens with one attached hydrogen (secondary N) is 2. The molecule has 176 valence electrons. The number of methoxy groups -OCH3 is 1. The maximum Gasteiger partial charge on any atom is 0.407 e. The van der Waals surface area contributed by atoms with Gasteiger partial charge >= 0.3 is 6.09 Å². The number of fused-ring (bicyclic) bond motifs is 1. The van der Waals surface area contributed by atoms with Crippen LogP contribution in [0.5, 0.6) is 5.75 Å². The first kappa shape index (κ1) is 22.8. The van der Waals surface area contributed by atoms with Crippen molar-refractivity contribution in [2.75, 3.05) is 19.0 Å². The normalized spacial score (nSPS) is 18.7. The van der Waals surface area contributed by atoms with E-state index >= 15 is 0 Å². The summed E-state index contributed by atoms with van der Waals surface area (Å²) in [6.45, 7) is 6.23. The van der Waals surface area contributed by atoms with Crippen molar-refractivity contribution in [2.45, 2.75) is 58.1 Å². The Kier molecular flexibility index (Phi) is 6.62. The first-order chi connectivity index (χ1) is 15.8. The highest BCUT2D eigenvalue weighted by Crippen LogP contribution is 2.26. The zero-order valence-electron chi connectivity index (χ0n) is 19.5. The summed E-state index contributed by atoms with van der Waals surface area (Å²) < 4.78 is 12.2. The van der Waals surface area contributed by atoms with Gasteiger partial charge in [0.1, 0.15) is 11.4 Å². The molecule has 0 bridgehead atoms. The molecule has 0 aliphatic heterocycles. The third-order valence-electron chi connectivity index (χ3n) is 5.62. The van der Waals surface area contributed by atoms with Gasteiger partial charge in [0.25, 0.3) is 0 Å². The number of amides is 1. The number of rotatable bonds is 6. The Bertz CT molecular complexity index is 1080. The Labute approximate surface area is 193 Å². The van der Waals surface area contributed by atoms with Gasteiger partial charge in [-0.25, -0.2) is 9.78 Å². The van der Waals surface area contributed by atoms with Crippen molar-refractivity contribution in [3.05, 3.63) is 30.5 Å². The van der Waals surface area contributed by atoms with Crippen LogP contribution in [0.3, 0.4) is 0 Å². The van der Waals surface area contributed by atoms with Crippen LogP contribution in [-0.4, -0.2) is 56.4 Å². The summed E-state index contributed by atoms with van der Waals surface area (Å²) in [6, 6.07) is 7.85. The molecule has 2 aromatic heterocycles. The van der Waals surface area contributed by atoms with Gasteiger partial charge in [-0.2, -0.15) is 9.67 Å². The van der Waals surface area contributed by atoms with Gasteiger partial charge in [-0.15, -0.1) is 5.10 Å². The number of nitrogens with zero attached hydrogens (tertiary/aromatic N) is 5. The third kappa shape index (κ3) is 5.88. The second kappa shape index (κ2) is 9.60. The summed E-state index contributed by atoms with van der Waals surface area (Å²) in [7, 11) is 1.63. The molecule has 3 aromatic rings. The van der Waals surface area contributed by atoms with Crippen LogP contribution in [-0.2, 0) is 4.74 Å². The molecule has 10 heteroatoms. The Hall–Kier alpha value is -3.43. The topological polar surface area (TPSA) is 116 Å². The molecule has 1 aromatic carbocycles. The number of carbonyl (C=O) groups excluding carboxylic acids is 1. The lowest BCUT2D eigenvalue weighted by molar-refractivity contribution is 0.0515. The number of benzene rings is 1. The fourth-order valence-electron chi connectivity index (χ4n) is 3.93. The highest BCUT2D eigenvalue weighted by atomic mass is 16.6. The molecule has 0 spiro atoms. The molecular weight excluding hydrogens is 422 g/mol. The van der Waals surface area contributed by atoms with Gasteiger partial charge in [-0.1, -0.05) is 5.21 Å². The highest BCUT2D eigenvalue weighted by Gasteiger charge is 2.23. The van der Waals surface area contributed by atoms with Crippen LogP contribution in [0.25, 0.3) is 16.9 Å². The minimum Gasteiger partial charge on any atom is -0.497 e. The summed E-state index contributed by atoms with van der Waals surface area (Å²) >= 11 is 0. The van der Waals surface area contributed by atoms with Crippen molar-refractivity contribution in [1.82, 2.24) is 30.3 Å². The molecule has 10 nitrogen and oxygen atoms in total. The molecule has 0 radical (unpaired) electrons. The summed E-state index contributed by atoms with van der Waals surface area (Å²) in [5, 5.41) is 14.7. The Morgan fingerprint density at radius 1 is 1.15 bits per heavy atom. The van der Waals surface area contributed by atoms with Crippen LogP contribution in [0.2, 0.25) is 0 Å². The molecule has 0 saturated heterocycles. The SMILES string of the molecule is COc1ccc(-n2nnc3cnc(N[C@H]4CC[C@H](CNC(=O)OC(C)(C)C)CC4)nc32)cc1. The van der Waals surface area contributed by atoms with E-state index in [0.717, 1.165) is 37.1 Å². The van der Waals surface area contributed by atoms with E-state index in [9.17, 15) is 4.79 Å². The van der Waals surface area contributed by atoms with E-state index in [1.54, 1.807) is 18.0 Å². The van der Waals surface area contributed by atoms with Crippen LogP contribution in [0.15, 0.2) is 30.5 Å². The molecule has 1 saturated carbocycles. The maximum atomic E-state index is 11.9. The molecule has 33 heavy (non-hydrogen) atoms. The van der Waals surface area contributed by atoms with E-state index in [4.69, 9.17) is 9.47 Å². The number of carbonyl (C=O) groups is 1. The zero-order valence-corrected chi connectivity index (χ0v) is 19.5. The molecule has 1 amide bonds. The number of aromatic nitrogens is 5. The summed E-state index contributed by atoms with van der Waals surface area (Å²) in [4.78, 5) is 21.0. The van der Waals surface area contributed by atoms with E-state index in [2.05, 4.69) is 30.9 Å². The van der Waals surface area contributed by atoms with Gasteiger partial charge in [0.2, 0.25) is 5.95 Å². The van der Waals surface area contributed by atoms with E-state index in [0.29, 0.717) is 29.6 Å².